The molecule has 6 nitrogen and oxygen atoms in total. The molecular weight excluding hydrogens is 311 g/mol. The zero-order valence-electron chi connectivity index (χ0n) is 12.4. The predicted octanol–water partition coefficient (Wildman–Crippen LogP) is 2.69. The van der Waals surface area contributed by atoms with Crippen LogP contribution < -0.4 is 5.43 Å². The van der Waals surface area contributed by atoms with Crippen LogP contribution in [0.5, 0.6) is 5.75 Å². The summed E-state index contributed by atoms with van der Waals surface area (Å²) in [6, 6.07) is 13.9. The number of amides is 1. The van der Waals surface area contributed by atoms with Crippen LogP contribution >= 0.6 is 0 Å². The first kappa shape index (κ1) is 15.4. The van der Waals surface area contributed by atoms with E-state index in [1.54, 1.807) is 30.3 Å². The number of phenolic OH excluding ortho intramolecular Hbond substituents is 1. The summed E-state index contributed by atoms with van der Waals surface area (Å²) in [6.07, 6.45) is 1.34. The predicted molar refractivity (Wildman–Crippen MR) is 87.1 cm³/mol. The van der Waals surface area contributed by atoms with Crippen molar-refractivity contribution < 1.29 is 14.3 Å². The topological polar surface area (TPSA) is 90.4 Å². The van der Waals surface area contributed by atoms with Gasteiger partial charge < -0.3 is 5.11 Å². The maximum absolute atomic E-state index is 12.9. The van der Waals surface area contributed by atoms with E-state index in [2.05, 4.69) is 20.7 Å². The molecule has 0 saturated carbocycles. The fraction of sp³-hybridized carbons (Fsp3) is 0. The smallest absolute Gasteiger partial charge is 0.289 e. The minimum Gasteiger partial charge on any atom is -0.507 e. The number of hydrazone groups is 1. The number of phenols is 1. The van der Waals surface area contributed by atoms with Gasteiger partial charge in [-0.25, -0.2) is 9.82 Å². The SMILES string of the molecule is O=C(N/N=C\c1ccccc1O)c1cc(-c2ccc(F)cc2)n[nH]1. The van der Waals surface area contributed by atoms with Crippen LogP contribution in [-0.4, -0.2) is 27.4 Å². The Morgan fingerprint density at radius 3 is 2.71 bits per heavy atom. The second-order valence-electron chi connectivity index (χ2n) is 4.93. The number of aromatic nitrogens is 2. The maximum atomic E-state index is 12.9. The number of aromatic hydroxyl groups is 1. The highest BCUT2D eigenvalue weighted by Gasteiger charge is 2.10. The molecule has 3 rings (SSSR count). The molecule has 24 heavy (non-hydrogen) atoms. The van der Waals surface area contributed by atoms with Gasteiger partial charge in [-0.05, 0) is 42.5 Å². The average Bonchev–Trinajstić information content (AvgIpc) is 3.07. The number of aromatic amines is 1. The van der Waals surface area contributed by atoms with Gasteiger partial charge >= 0.3 is 0 Å². The van der Waals surface area contributed by atoms with Crippen molar-refractivity contribution in [2.45, 2.75) is 0 Å². The molecule has 0 saturated heterocycles. The van der Waals surface area contributed by atoms with Gasteiger partial charge in [0.15, 0.2) is 0 Å². The zero-order chi connectivity index (χ0) is 16.9. The van der Waals surface area contributed by atoms with Crippen LogP contribution in [-0.2, 0) is 0 Å². The van der Waals surface area contributed by atoms with E-state index in [0.717, 1.165) is 0 Å². The third-order valence-corrected chi connectivity index (χ3v) is 3.27. The second kappa shape index (κ2) is 6.74. The first-order valence-corrected chi connectivity index (χ1v) is 7.06. The number of halogens is 1. The fourth-order valence-corrected chi connectivity index (χ4v) is 2.02. The van der Waals surface area contributed by atoms with Crippen LogP contribution in [0.15, 0.2) is 59.7 Å². The number of benzene rings is 2. The summed E-state index contributed by atoms with van der Waals surface area (Å²) in [5.41, 5.74) is 4.23. The third kappa shape index (κ3) is 3.46. The zero-order valence-corrected chi connectivity index (χ0v) is 12.4. The summed E-state index contributed by atoms with van der Waals surface area (Å²) >= 11 is 0. The van der Waals surface area contributed by atoms with E-state index in [0.29, 0.717) is 16.8 Å². The summed E-state index contributed by atoms with van der Waals surface area (Å²) in [6.45, 7) is 0. The van der Waals surface area contributed by atoms with Gasteiger partial charge in [0.05, 0.1) is 11.9 Å². The maximum Gasteiger partial charge on any atom is 0.289 e. The lowest BCUT2D eigenvalue weighted by molar-refractivity contribution is 0.0950. The average molecular weight is 324 g/mol. The molecule has 7 heteroatoms. The van der Waals surface area contributed by atoms with Crippen LogP contribution in [0.2, 0.25) is 0 Å². The lowest BCUT2D eigenvalue weighted by atomic mass is 10.1. The van der Waals surface area contributed by atoms with Crippen molar-refractivity contribution in [3.05, 3.63) is 71.7 Å². The molecule has 0 aliphatic heterocycles. The van der Waals surface area contributed by atoms with E-state index in [1.807, 2.05) is 0 Å². The van der Waals surface area contributed by atoms with Crippen molar-refractivity contribution >= 4 is 12.1 Å². The summed E-state index contributed by atoms with van der Waals surface area (Å²) in [5, 5.41) is 20.0. The lowest BCUT2D eigenvalue weighted by Gasteiger charge is -1.98. The largest absolute Gasteiger partial charge is 0.507 e. The molecule has 1 heterocycles. The monoisotopic (exact) mass is 324 g/mol. The summed E-state index contributed by atoms with van der Waals surface area (Å²) in [5.74, 6) is -0.760. The summed E-state index contributed by atoms with van der Waals surface area (Å²) < 4.78 is 12.9. The van der Waals surface area contributed by atoms with Gasteiger partial charge in [-0.15, -0.1) is 0 Å². The Hall–Kier alpha value is -3.48. The molecule has 1 amide bonds. The summed E-state index contributed by atoms with van der Waals surface area (Å²) in [7, 11) is 0. The number of H-pyrrole nitrogens is 1. The third-order valence-electron chi connectivity index (χ3n) is 3.27. The molecule has 0 radical (unpaired) electrons. The Labute approximate surface area is 136 Å². The lowest BCUT2D eigenvalue weighted by Crippen LogP contribution is -2.18. The number of hydrogen-bond donors (Lipinski definition) is 3. The van der Waals surface area contributed by atoms with E-state index < -0.39 is 5.91 Å². The molecule has 0 bridgehead atoms. The molecule has 0 fully saturated rings. The van der Waals surface area contributed by atoms with Crippen LogP contribution in [0.1, 0.15) is 16.1 Å². The number of carbonyl (C=O) groups excluding carboxylic acids is 1. The Kier molecular flexibility index (Phi) is 4.33. The standard InChI is InChI=1S/C17H13FN4O2/c18-13-7-5-11(6-8-13)14-9-15(21-20-14)17(24)22-19-10-12-3-1-2-4-16(12)23/h1-10,23H,(H,20,21)(H,22,24)/b19-10-. The number of carbonyl (C=O) groups is 1. The molecular formula is C17H13FN4O2. The molecule has 120 valence electrons. The highest BCUT2D eigenvalue weighted by atomic mass is 19.1. The highest BCUT2D eigenvalue weighted by Crippen LogP contribution is 2.18. The van der Waals surface area contributed by atoms with Crippen molar-refractivity contribution in [2.75, 3.05) is 0 Å². The number of nitrogens with zero attached hydrogens (tertiary/aromatic N) is 2. The van der Waals surface area contributed by atoms with E-state index in [-0.39, 0.29) is 17.3 Å². The quantitative estimate of drug-likeness (QED) is 0.509. The molecule has 3 aromatic rings. The highest BCUT2D eigenvalue weighted by molar-refractivity contribution is 5.94. The van der Waals surface area contributed by atoms with Crippen molar-refractivity contribution in [3.63, 3.8) is 0 Å². The number of nitrogens with one attached hydrogen (secondary N) is 2. The van der Waals surface area contributed by atoms with Gasteiger partial charge in [-0.2, -0.15) is 10.2 Å². The molecule has 0 atom stereocenters. The van der Waals surface area contributed by atoms with Crippen LogP contribution in [0.25, 0.3) is 11.3 Å². The van der Waals surface area contributed by atoms with E-state index in [9.17, 15) is 14.3 Å². The van der Waals surface area contributed by atoms with Gasteiger partial charge in [0, 0.05) is 11.1 Å². The second-order valence-corrected chi connectivity index (χ2v) is 4.93. The van der Waals surface area contributed by atoms with Crippen LogP contribution in [0.4, 0.5) is 4.39 Å². The van der Waals surface area contributed by atoms with Gasteiger partial charge in [0.25, 0.3) is 5.91 Å². The van der Waals surface area contributed by atoms with E-state index >= 15 is 0 Å². The van der Waals surface area contributed by atoms with Crippen molar-refractivity contribution in [1.82, 2.24) is 15.6 Å². The molecule has 1 aromatic heterocycles. The van der Waals surface area contributed by atoms with Crippen LogP contribution in [0.3, 0.4) is 0 Å². The first-order valence-electron chi connectivity index (χ1n) is 7.06. The summed E-state index contributed by atoms with van der Waals surface area (Å²) in [4.78, 5) is 12.0. The Balaban J connectivity index is 1.68. The van der Waals surface area contributed by atoms with E-state index in [1.165, 1.54) is 30.5 Å². The Bertz CT molecular complexity index is 888. The van der Waals surface area contributed by atoms with Crippen molar-refractivity contribution in [3.8, 4) is 17.0 Å². The molecule has 0 unspecified atom stereocenters. The van der Waals surface area contributed by atoms with Crippen molar-refractivity contribution in [1.29, 1.82) is 0 Å². The molecule has 2 aromatic carbocycles. The Morgan fingerprint density at radius 1 is 1.21 bits per heavy atom. The first-order chi connectivity index (χ1) is 11.6. The molecule has 0 aliphatic carbocycles. The van der Waals surface area contributed by atoms with Gasteiger partial charge in [0.2, 0.25) is 0 Å². The number of para-hydroxylation sites is 1. The van der Waals surface area contributed by atoms with Gasteiger partial charge in [-0.1, -0.05) is 12.1 Å². The minimum atomic E-state index is -0.484. The fourth-order valence-electron chi connectivity index (χ4n) is 2.02. The van der Waals surface area contributed by atoms with Gasteiger partial charge in [0.1, 0.15) is 17.3 Å². The number of rotatable bonds is 4. The Morgan fingerprint density at radius 2 is 1.96 bits per heavy atom. The van der Waals surface area contributed by atoms with Crippen LogP contribution in [0, 0.1) is 5.82 Å². The molecule has 3 N–H and O–H groups in total. The number of hydrogen-bond acceptors (Lipinski definition) is 4. The van der Waals surface area contributed by atoms with Gasteiger partial charge in [-0.3, -0.25) is 9.89 Å². The van der Waals surface area contributed by atoms with Crippen molar-refractivity contribution in [2.24, 2.45) is 5.10 Å². The van der Waals surface area contributed by atoms with E-state index in [4.69, 9.17) is 0 Å². The normalized spacial score (nSPS) is 10.9. The molecule has 0 spiro atoms. The molecule has 0 aliphatic rings. The minimum absolute atomic E-state index is 0.0654.